The van der Waals surface area contributed by atoms with E-state index in [2.05, 4.69) is 15.9 Å². The van der Waals surface area contributed by atoms with Gasteiger partial charge in [0.2, 0.25) is 0 Å². The van der Waals surface area contributed by atoms with Gasteiger partial charge < -0.3 is 10.5 Å². The second-order valence-corrected chi connectivity index (χ2v) is 5.77. The van der Waals surface area contributed by atoms with Crippen molar-refractivity contribution in [2.45, 2.75) is 12.5 Å². The molecule has 106 valence electrons. The minimum atomic E-state index is -0.431. The molecule has 0 heterocycles. The molecule has 0 amide bonds. The summed E-state index contributed by atoms with van der Waals surface area (Å²) in [6.45, 7) is 0. The molecule has 20 heavy (non-hydrogen) atoms. The number of halogens is 3. The Labute approximate surface area is 130 Å². The van der Waals surface area contributed by atoms with Crippen molar-refractivity contribution in [1.82, 2.24) is 0 Å². The molecule has 0 radical (unpaired) electrons. The highest BCUT2D eigenvalue weighted by Gasteiger charge is 2.14. The monoisotopic (exact) mass is 357 g/mol. The minimum absolute atomic E-state index is 0.114. The van der Waals surface area contributed by atoms with E-state index in [4.69, 9.17) is 22.1 Å². The Bertz CT molecular complexity index is 621. The maximum atomic E-state index is 13.4. The zero-order valence-electron chi connectivity index (χ0n) is 10.9. The van der Waals surface area contributed by atoms with E-state index in [1.165, 1.54) is 12.1 Å². The van der Waals surface area contributed by atoms with Crippen LogP contribution in [0.5, 0.6) is 5.75 Å². The first-order valence-corrected chi connectivity index (χ1v) is 7.21. The fourth-order valence-corrected chi connectivity index (χ4v) is 2.48. The average molecular weight is 359 g/mol. The third-order valence-corrected chi connectivity index (χ3v) is 3.83. The van der Waals surface area contributed by atoms with Crippen molar-refractivity contribution >= 4 is 27.5 Å². The van der Waals surface area contributed by atoms with Gasteiger partial charge in [-0.2, -0.15) is 0 Å². The normalized spacial score (nSPS) is 12.2. The molecule has 0 aliphatic carbocycles. The Morgan fingerprint density at radius 2 is 2.05 bits per heavy atom. The van der Waals surface area contributed by atoms with E-state index < -0.39 is 5.82 Å². The number of hydrogen-bond acceptors (Lipinski definition) is 2. The van der Waals surface area contributed by atoms with Crippen LogP contribution in [-0.2, 0) is 6.42 Å². The van der Waals surface area contributed by atoms with Crippen molar-refractivity contribution in [3.05, 3.63) is 62.8 Å². The highest BCUT2D eigenvalue weighted by atomic mass is 79.9. The molecule has 2 aromatic rings. The molecule has 1 unspecified atom stereocenters. The fourth-order valence-electron chi connectivity index (χ4n) is 2.02. The summed E-state index contributed by atoms with van der Waals surface area (Å²) in [4.78, 5) is 0. The number of methoxy groups -OCH3 is 1. The molecule has 0 bridgehead atoms. The van der Waals surface area contributed by atoms with Crippen molar-refractivity contribution < 1.29 is 9.13 Å². The van der Waals surface area contributed by atoms with Crippen LogP contribution in [0.4, 0.5) is 4.39 Å². The van der Waals surface area contributed by atoms with E-state index in [-0.39, 0.29) is 11.1 Å². The van der Waals surface area contributed by atoms with Crippen LogP contribution in [0.25, 0.3) is 0 Å². The smallest absolute Gasteiger partial charge is 0.142 e. The second-order valence-electron chi connectivity index (χ2n) is 4.45. The van der Waals surface area contributed by atoms with Gasteiger partial charge >= 0.3 is 0 Å². The molecule has 0 aliphatic heterocycles. The van der Waals surface area contributed by atoms with Crippen molar-refractivity contribution in [2.24, 2.45) is 5.73 Å². The summed E-state index contributed by atoms with van der Waals surface area (Å²) in [5.41, 5.74) is 7.87. The molecule has 2 N–H and O–H groups in total. The van der Waals surface area contributed by atoms with Crippen molar-refractivity contribution in [2.75, 3.05) is 7.11 Å². The van der Waals surface area contributed by atoms with E-state index in [0.29, 0.717) is 12.2 Å². The highest BCUT2D eigenvalue weighted by Crippen LogP contribution is 2.29. The first kappa shape index (κ1) is 15.3. The molecule has 0 fully saturated rings. The molecular weight excluding hydrogens is 345 g/mol. The summed E-state index contributed by atoms with van der Waals surface area (Å²) >= 11 is 9.05. The zero-order chi connectivity index (χ0) is 14.7. The van der Waals surface area contributed by atoms with Gasteiger partial charge in [0.05, 0.1) is 12.1 Å². The standard InChI is InChI=1S/C15H14BrClFNO/c1-20-15-8-10(16)3-4-11(15)14(19)7-9-2-5-12(17)13(18)6-9/h2-6,8,14H,7,19H2,1H3. The van der Waals surface area contributed by atoms with Gasteiger partial charge in [-0.1, -0.05) is 39.7 Å². The van der Waals surface area contributed by atoms with Gasteiger partial charge in [-0.15, -0.1) is 0 Å². The molecule has 5 heteroatoms. The van der Waals surface area contributed by atoms with Gasteiger partial charge in [-0.3, -0.25) is 0 Å². The molecule has 2 rings (SSSR count). The molecule has 2 aromatic carbocycles. The van der Waals surface area contributed by atoms with Crippen LogP contribution in [0.3, 0.4) is 0 Å². The van der Waals surface area contributed by atoms with Crippen LogP contribution in [-0.4, -0.2) is 7.11 Å². The minimum Gasteiger partial charge on any atom is -0.496 e. The number of benzene rings is 2. The molecule has 2 nitrogen and oxygen atoms in total. The number of rotatable bonds is 4. The van der Waals surface area contributed by atoms with Crippen LogP contribution in [0.1, 0.15) is 17.2 Å². The summed E-state index contributed by atoms with van der Waals surface area (Å²) in [5.74, 6) is 0.278. The van der Waals surface area contributed by atoms with Crippen molar-refractivity contribution in [1.29, 1.82) is 0 Å². The zero-order valence-corrected chi connectivity index (χ0v) is 13.2. The Morgan fingerprint density at radius 1 is 1.30 bits per heavy atom. The first-order valence-electron chi connectivity index (χ1n) is 6.04. The van der Waals surface area contributed by atoms with E-state index in [1.54, 1.807) is 13.2 Å². The van der Waals surface area contributed by atoms with Crippen LogP contribution < -0.4 is 10.5 Å². The molecule has 0 spiro atoms. The Hall–Kier alpha value is -1.10. The lowest BCUT2D eigenvalue weighted by molar-refractivity contribution is 0.405. The molecule has 0 aliphatic rings. The van der Waals surface area contributed by atoms with Gasteiger partial charge in [0, 0.05) is 16.1 Å². The largest absolute Gasteiger partial charge is 0.496 e. The SMILES string of the molecule is COc1cc(Br)ccc1C(N)Cc1ccc(Cl)c(F)c1. The van der Waals surface area contributed by atoms with Gasteiger partial charge in [-0.25, -0.2) is 4.39 Å². The van der Waals surface area contributed by atoms with E-state index in [9.17, 15) is 4.39 Å². The van der Waals surface area contributed by atoms with E-state index in [1.807, 2.05) is 18.2 Å². The van der Waals surface area contributed by atoms with Crippen molar-refractivity contribution in [3.63, 3.8) is 0 Å². The Kier molecular flexibility index (Phi) is 5.02. The third-order valence-electron chi connectivity index (χ3n) is 3.03. The van der Waals surface area contributed by atoms with Gasteiger partial charge in [0.15, 0.2) is 0 Å². The molecule has 0 saturated carbocycles. The molecule has 1 atom stereocenters. The van der Waals surface area contributed by atoms with Crippen LogP contribution in [0.15, 0.2) is 40.9 Å². The van der Waals surface area contributed by atoms with Gasteiger partial charge in [0.25, 0.3) is 0 Å². The van der Waals surface area contributed by atoms with Gasteiger partial charge in [-0.05, 0) is 36.2 Å². The lowest BCUT2D eigenvalue weighted by Crippen LogP contribution is -2.14. The number of ether oxygens (including phenoxy) is 1. The maximum Gasteiger partial charge on any atom is 0.142 e. The lowest BCUT2D eigenvalue weighted by Gasteiger charge is -2.16. The molecular formula is C15H14BrClFNO. The quantitative estimate of drug-likeness (QED) is 0.874. The Balaban J connectivity index is 2.23. The summed E-state index contributed by atoms with van der Waals surface area (Å²) < 4.78 is 19.7. The fraction of sp³-hybridized carbons (Fsp3) is 0.200. The topological polar surface area (TPSA) is 35.2 Å². The second kappa shape index (κ2) is 6.57. The van der Waals surface area contributed by atoms with E-state index in [0.717, 1.165) is 15.6 Å². The number of nitrogens with two attached hydrogens (primary N) is 1. The number of hydrogen-bond donors (Lipinski definition) is 1. The lowest BCUT2D eigenvalue weighted by atomic mass is 9.99. The highest BCUT2D eigenvalue weighted by molar-refractivity contribution is 9.10. The van der Waals surface area contributed by atoms with Crippen molar-refractivity contribution in [3.8, 4) is 5.75 Å². The summed E-state index contributed by atoms with van der Waals surface area (Å²) in [5, 5.41) is 0.114. The van der Waals surface area contributed by atoms with Gasteiger partial charge in [0.1, 0.15) is 11.6 Å². The maximum absolute atomic E-state index is 13.4. The van der Waals surface area contributed by atoms with Crippen LogP contribution >= 0.6 is 27.5 Å². The van der Waals surface area contributed by atoms with E-state index >= 15 is 0 Å². The predicted molar refractivity (Wildman–Crippen MR) is 82.7 cm³/mol. The third kappa shape index (κ3) is 3.51. The average Bonchev–Trinajstić information content (AvgIpc) is 2.42. The summed E-state index contributed by atoms with van der Waals surface area (Å²) in [6.07, 6.45) is 0.506. The van der Waals surface area contributed by atoms with Crippen LogP contribution in [0, 0.1) is 5.82 Å². The Morgan fingerprint density at radius 3 is 2.70 bits per heavy atom. The summed E-state index contributed by atoms with van der Waals surface area (Å²) in [7, 11) is 1.60. The molecule has 0 saturated heterocycles. The predicted octanol–water partition coefficient (Wildman–Crippen LogP) is 4.49. The summed E-state index contributed by atoms with van der Waals surface area (Å²) in [6, 6.07) is 10.1. The first-order chi connectivity index (χ1) is 9.51. The molecule has 0 aromatic heterocycles. The van der Waals surface area contributed by atoms with Crippen LogP contribution in [0.2, 0.25) is 5.02 Å².